The van der Waals surface area contributed by atoms with Crippen LogP contribution in [-0.2, 0) is 0 Å². The van der Waals surface area contributed by atoms with Crippen molar-refractivity contribution in [3.8, 4) is 0 Å². The van der Waals surface area contributed by atoms with E-state index in [-0.39, 0.29) is 0 Å². The molecule has 21 heavy (non-hydrogen) atoms. The lowest BCUT2D eigenvalue weighted by Gasteiger charge is -2.22. The van der Waals surface area contributed by atoms with Gasteiger partial charge in [0, 0.05) is 33.2 Å². The maximum Gasteiger partial charge on any atom is 0.231 e. The predicted octanol–water partition coefficient (Wildman–Crippen LogP) is 1.27. The molecule has 0 spiro atoms. The van der Waals surface area contributed by atoms with Gasteiger partial charge in [-0.25, -0.2) is 0 Å². The van der Waals surface area contributed by atoms with Crippen molar-refractivity contribution in [3.63, 3.8) is 0 Å². The number of hydrogen-bond acceptors (Lipinski definition) is 7. The fourth-order valence-corrected chi connectivity index (χ4v) is 2.49. The molecule has 1 saturated heterocycles. The lowest BCUT2D eigenvalue weighted by Crippen LogP contribution is -2.33. The summed E-state index contributed by atoms with van der Waals surface area (Å²) < 4.78 is 0. The van der Waals surface area contributed by atoms with Gasteiger partial charge in [0.1, 0.15) is 0 Å². The van der Waals surface area contributed by atoms with Crippen LogP contribution in [0, 0.1) is 0 Å². The molecule has 1 unspecified atom stereocenters. The van der Waals surface area contributed by atoms with E-state index in [4.69, 9.17) is 0 Å². The number of rotatable bonds is 7. The number of aromatic nitrogens is 3. The maximum atomic E-state index is 4.46. The molecule has 0 bridgehead atoms. The Bertz CT molecular complexity index is 443. The third-order valence-electron chi connectivity index (χ3n) is 3.46. The fourth-order valence-electron chi connectivity index (χ4n) is 2.49. The molecule has 2 rings (SSSR count). The standard InChI is InChI=1S/C14H27N7/c1-5-15-12-17-13(19-14(18-12)20(3)4)16-11(2)10-21-8-6-7-9-21/h11H,5-10H2,1-4H3,(H2,15,16,17,18,19). The molecular weight excluding hydrogens is 266 g/mol. The van der Waals surface area contributed by atoms with Crippen LogP contribution in [0.4, 0.5) is 17.8 Å². The summed E-state index contributed by atoms with van der Waals surface area (Å²) in [6, 6.07) is 0.315. The van der Waals surface area contributed by atoms with Crippen LogP contribution in [0.1, 0.15) is 26.7 Å². The zero-order valence-corrected chi connectivity index (χ0v) is 13.6. The second-order valence-corrected chi connectivity index (χ2v) is 5.76. The highest BCUT2D eigenvalue weighted by atomic mass is 15.3. The normalized spacial score (nSPS) is 16.8. The third kappa shape index (κ3) is 4.70. The van der Waals surface area contributed by atoms with Crippen molar-refractivity contribution in [1.82, 2.24) is 19.9 Å². The summed E-state index contributed by atoms with van der Waals surface area (Å²) >= 11 is 0. The molecule has 2 N–H and O–H groups in total. The zero-order chi connectivity index (χ0) is 15.2. The van der Waals surface area contributed by atoms with Crippen LogP contribution < -0.4 is 15.5 Å². The molecular formula is C14H27N7. The average molecular weight is 293 g/mol. The molecule has 118 valence electrons. The molecule has 0 radical (unpaired) electrons. The SMILES string of the molecule is CCNc1nc(NC(C)CN2CCCC2)nc(N(C)C)n1. The summed E-state index contributed by atoms with van der Waals surface area (Å²) in [7, 11) is 3.87. The number of nitrogens with zero attached hydrogens (tertiary/aromatic N) is 5. The van der Waals surface area contributed by atoms with Crippen LogP contribution in [0.15, 0.2) is 0 Å². The Labute approximate surface area is 127 Å². The molecule has 1 aromatic heterocycles. The number of hydrogen-bond donors (Lipinski definition) is 2. The Morgan fingerprint density at radius 2 is 1.81 bits per heavy atom. The molecule has 1 atom stereocenters. The van der Waals surface area contributed by atoms with Crippen molar-refractivity contribution in [2.75, 3.05) is 55.8 Å². The largest absolute Gasteiger partial charge is 0.354 e. The Hall–Kier alpha value is -1.63. The minimum absolute atomic E-state index is 0.315. The van der Waals surface area contributed by atoms with Crippen LogP contribution >= 0.6 is 0 Å². The van der Waals surface area contributed by atoms with Gasteiger partial charge in [0.2, 0.25) is 17.8 Å². The van der Waals surface area contributed by atoms with Gasteiger partial charge in [0.15, 0.2) is 0 Å². The Balaban J connectivity index is 2.02. The van der Waals surface area contributed by atoms with Gasteiger partial charge in [-0.2, -0.15) is 15.0 Å². The topological polar surface area (TPSA) is 69.2 Å². The van der Waals surface area contributed by atoms with Gasteiger partial charge in [-0.3, -0.25) is 0 Å². The second-order valence-electron chi connectivity index (χ2n) is 5.76. The summed E-state index contributed by atoms with van der Waals surface area (Å²) in [6.07, 6.45) is 2.63. The van der Waals surface area contributed by atoms with E-state index in [0.29, 0.717) is 23.9 Å². The number of likely N-dealkylation sites (tertiary alicyclic amines) is 1. The van der Waals surface area contributed by atoms with Crippen molar-refractivity contribution >= 4 is 17.8 Å². The summed E-state index contributed by atoms with van der Waals surface area (Å²) in [4.78, 5) is 17.6. The van der Waals surface area contributed by atoms with Crippen LogP contribution in [0.5, 0.6) is 0 Å². The zero-order valence-electron chi connectivity index (χ0n) is 13.6. The number of nitrogens with one attached hydrogen (secondary N) is 2. The van der Waals surface area contributed by atoms with Gasteiger partial charge in [0.25, 0.3) is 0 Å². The third-order valence-corrected chi connectivity index (χ3v) is 3.46. The summed E-state index contributed by atoms with van der Waals surface area (Å²) in [5.74, 6) is 1.92. The molecule has 0 aliphatic carbocycles. The highest BCUT2D eigenvalue weighted by Gasteiger charge is 2.16. The van der Waals surface area contributed by atoms with E-state index in [1.807, 2.05) is 25.9 Å². The van der Waals surface area contributed by atoms with Gasteiger partial charge in [0.05, 0.1) is 0 Å². The molecule has 7 heteroatoms. The van der Waals surface area contributed by atoms with Crippen LogP contribution in [0.2, 0.25) is 0 Å². The first kappa shape index (κ1) is 15.8. The Morgan fingerprint density at radius 1 is 1.14 bits per heavy atom. The van der Waals surface area contributed by atoms with Gasteiger partial charge in [-0.15, -0.1) is 0 Å². The average Bonchev–Trinajstić information content (AvgIpc) is 2.91. The van der Waals surface area contributed by atoms with Crippen molar-refractivity contribution in [2.24, 2.45) is 0 Å². The van der Waals surface area contributed by atoms with Crippen molar-refractivity contribution in [2.45, 2.75) is 32.7 Å². The van der Waals surface area contributed by atoms with E-state index < -0.39 is 0 Å². The van der Waals surface area contributed by atoms with E-state index in [1.165, 1.54) is 25.9 Å². The van der Waals surface area contributed by atoms with Crippen molar-refractivity contribution in [3.05, 3.63) is 0 Å². The van der Waals surface area contributed by atoms with Gasteiger partial charge in [-0.1, -0.05) is 0 Å². The van der Waals surface area contributed by atoms with Crippen molar-refractivity contribution in [1.29, 1.82) is 0 Å². The number of anilines is 3. The molecule has 2 heterocycles. The summed E-state index contributed by atoms with van der Waals surface area (Å²) in [6.45, 7) is 8.43. The molecule has 0 saturated carbocycles. The maximum absolute atomic E-state index is 4.46. The van der Waals surface area contributed by atoms with Crippen LogP contribution in [0.25, 0.3) is 0 Å². The lowest BCUT2D eigenvalue weighted by molar-refractivity contribution is 0.327. The smallest absolute Gasteiger partial charge is 0.231 e. The first-order valence-electron chi connectivity index (χ1n) is 7.74. The Morgan fingerprint density at radius 3 is 2.43 bits per heavy atom. The fraction of sp³-hybridized carbons (Fsp3) is 0.786. The molecule has 1 aliphatic rings. The second kappa shape index (κ2) is 7.40. The van der Waals surface area contributed by atoms with Crippen LogP contribution in [-0.4, -0.2) is 66.2 Å². The van der Waals surface area contributed by atoms with E-state index in [0.717, 1.165) is 13.1 Å². The monoisotopic (exact) mass is 293 g/mol. The molecule has 0 aromatic carbocycles. The van der Waals surface area contributed by atoms with E-state index in [9.17, 15) is 0 Å². The molecule has 1 fully saturated rings. The van der Waals surface area contributed by atoms with E-state index in [1.54, 1.807) is 0 Å². The minimum Gasteiger partial charge on any atom is -0.354 e. The highest BCUT2D eigenvalue weighted by Crippen LogP contribution is 2.13. The molecule has 0 amide bonds. The van der Waals surface area contributed by atoms with Gasteiger partial charge >= 0.3 is 0 Å². The quantitative estimate of drug-likeness (QED) is 0.784. The highest BCUT2D eigenvalue weighted by molar-refractivity contribution is 5.43. The lowest BCUT2D eigenvalue weighted by atomic mass is 10.3. The van der Waals surface area contributed by atoms with E-state index >= 15 is 0 Å². The summed E-state index contributed by atoms with van der Waals surface area (Å²) in [5, 5.41) is 6.54. The Kier molecular flexibility index (Phi) is 5.55. The first-order valence-corrected chi connectivity index (χ1v) is 7.74. The first-order chi connectivity index (χ1) is 10.1. The molecule has 7 nitrogen and oxygen atoms in total. The van der Waals surface area contributed by atoms with E-state index in [2.05, 4.69) is 37.4 Å². The minimum atomic E-state index is 0.315. The van der Waals surface area contributed by atoms with Crippen LogP contribution in [0.3, 0.4) is 0 Å². The summed E-state index contributed by atoms with van der Waals surface area (Å²) in [5.41, 5.74) is 0. The van der Waals surface area contributed by atoms with Crippen molar-refractivity contribution < 1.29 is 0 Å². The van der Waals surface area contributed by atoms with Gasteiger partial charge < -0.3 is 20.4 Å². The van der Waals surface area contributed by atoms with Gasteiger partial charge in [-0.05, 0) is 39.8 Å². The predicted molar refractivity (Wildman–Crippen MR) is 87.1 cm³/mol. The molecule has 1 aliphatic heterocycles. The molecule has 1 aromatic rings.